The number of ether oxygens (including phenoxy) is 1. The number of carbonyl (C=O) groups excluding carboxylic acids is 2. The van der Waals surface area contributed by atoms with Gasteiger partial charge in [0.25, 0.3) is 0 Å². The molecule has 2 aliphatic rings. The van der Waals surface area contributed by atoms with E-state index in [0.717, 1.165) is 25.2 Å². The van der Waals surface area contributed by atoms with Crippen molar-refractivity contribution in [2.75, 3.05) is 37.4 Å². The third kappa shape index (κ3) is 5.22. The van der Waals surface area contributed by atoms with E-state index in [0.29, 0.717) is 41.4 Å². The van der Waals surface area contributed by atoms with E-state index in [2.05, 4.69) is 26.6 Å². The Morgan fingerprint density at radius 1 is 1.13 bits per heavy atom. The number of benzene rings is 1. The fourth-order valence-electron chi connectivity index (χ4n) is 5.09. The quantitative estimate of drug-likeness (QED) is 0.716. The predicted octanol–water partition coefficient (Wildman–Crippen LogP) is 3.19. The number of aromatic nitrogens is 1. The van der Waals surface area contributed by atoms with Gasteiger partial charge < -0.3 is 15.4 Å². The van der Waals surface area contributed by atoms with Crippen molar-refractivity contribution in [2.24, 2.45) is 17.8 Å². The number of amides is 2. The summed E-state index contributed by atoms with van der Waals surface area (Å²) in [7, 11) is 1.57. The van der Waals surface area contributed by atoms with Crippen LogP contribution in [0.3, 0.4) is 0 Å². The van der Waals surface area contributed by atoms with E-state index in [1.165, 1.54) is 19.8 Å². The average Bonchev–Trinajstić information content (AvgIpc) is 3.30. The number of nitrogens with one attached hydrogen (secondary N) is 2. The molecule has 1 aliphatic carbocycles. The number of carbonyl (C=O) groups is 2. The van der Waals surface area contributed by atoms with Crippen molar-refractivity contribution in [1.82, 2.24) is 9.88 Å². The molecule has 0 spiro atoms. The van der Waals surface area contributed by atoms with Crippen LogP contribution < -0.4 is 15.4 Å². The van der Waals surface area contributed by atoms with Crippen molar-refractivity contribution < 1.29 is 14.3 Å². The van der Waals surface area contributed by atoms with Crippen molar-refractivity contribution in [2.45, 2.75) is 26.2 Å². The first kappa shape index (κ1) is 21.3. The molecule has 2 N–H and O–H groups in total. The zero-order chi connectivity index (χ0) is 21.8. The lowest BCUT2D eigenvalue weighted by Crippen LogP contribution is -2.33. The van der Waals surface area contributed by atoms with Crippen molar-refractivity contribution in [1.29, 1.82) is 0 Å². The van der Waals surface area contributed by atoms with Crippen LogP contribution in [-0.2, 0) is 16.0 Å². The summed E-state index contributed by atoms with van der Waals surface area (Å²) in [4.78, 5) is 31.0. The van der Waals surface area contributed by atoms with E-state index >= 15 is 0 Å². The van der Waals surface area contributed by atoms with Gasteiger partial charge in [-0.05, 0) is 61.3 Å². The third-order valence-electron chi connectivity index (χ3n) is 6.46. The Labute approximate surface area is 183 Å². The van der Waals surface area contributed by atoms with Crippen LogP contribution in [0.25, 0.3) is 0 Å². The van der Waals surface area contributed by atoms with Gasteiger partial charge in [-0.1, -0.05) is 6.07 Å². The first-order valence-electron chi connectivity index (χ1n) is 10.9. The molecular weight excluding hydrogens is 392 g/mol. The Kier molecular flexibility index (Phi) is 6.51. The van der Waals surface area contributed by atoms with Gasteiger partial charge in [-0.25, -0.2) is 0 Å². The molecule has 1 saturated carbocycles. The summed E-state index contributed by atoms with van der Waals surface area (Å²) in [6, 6.07) is 11.3. The van der Waals surface area contributed by atoms with Crippen molar-refractivity contribution >= 4 is 23.2 Å². The van der Waals surface area contributed by atoms with Crippen molar-refractivity contribution in [3.63, 3.8) is 0 Å². The van der Waals surface area contributed by atoms with Gasteiger partial charge >= 0.3 is 0 Å². The number of likely N-dealkylation sites (tertiary alicyclic amines) is 1. The van der Waals surface area contributed by atoms with E-state index < -0.39 is 0 Å². The highest BCUT2D eigenvalue weighted by molar-refractivity contribution is 5.99. The summed E-state index contributed by atoms with van der Waals surface area (Å²) in [6.45, 7) is 3.71. The molecule has 2 aromatic rings. The van der Waals surface area contributed by atoms with Gasteiger partial charge in [-0.3, -0.25) is 19.5 Å². The molecule has 164 valence electrons. The van der Waals surface area contributed by atoms with Crippen molar-refractivity contribution in [3.8, 4) is 5.75 Å². The predicted molar refractivity (Wildman–Crippen MR) is 120 cm³/mol. The van der Waals surface area contributed by atoms with Crippen LogP contribution in [0, 0.1) is 17.8 Å². The molecule has 1 aromatic carbocycles. The van der Waals surface area contributed by atoms with E-state index in [1.54, 1.807) is 25.3 Å². The van der Waals surface area contributed by atoms with Crippen LogP contribution in [0.4, 0.5) is 11.4 Å². The first-order valence-corrected chi connectivity index (χ1v) is 10.9. The minimum atomic E-state index is -0.188. The molecule has 2 amide bonds. The minimum absolute atomic E-state index is 0.0823. The van der Waals surface area contributed by atoms with Crippen LogP contribution in [0.5, 0.6) is 5.75 Å². The lowest BCUT2D eigenvalue weighted by Gasteiger charge is -2.20. The van der Waals surface area contributed by atoms with E-state index in [-0.39, 0.29) is 11.8 Å². The SMILES string of the molecule is COc1ccc(NC(C)=O)c(NC(=O)CN2C[C@H]3CC[C@H](Cc4ccccn4)[C@H]3C2)c1. The number of hydrogen-bond donors (Lipinski definition) is 2. The smallest absolute Gasteiger partial charge is 0.238 e. The molecule has 7 heteroatoms. The van der Waals surface area contributed by atoms with Gasteiger partial charge in [0.2, 0.25) is 11.8 Å². The molecule has 1 aliphatic heterocycles. The molecule has 4 rings (SSSR count). The van der Waals surface area contributed by atoms with Crippen LogP contribution >= 0.6 is 0 Å². The van der Waals surface area contributed by atoms with Crippen LogP contribution in [0.15, 0.2) is 42.6 Å². The number of methoxy groups -OCH3 is 1. The second kappa shape index (κ2) is 9.47. The molecule has 1 aromatic heterocycles. The average molecular weight is 423 g/mol. The number of rotatable bonds is 7. The zero-order valence-electron chi connectivity index (χ0n) is 18.1. The summed E-state index contributed by atoms with van der Waals surface area (Å²) < 4.78 is 5.26. The summed E-state index contributed by atoms with van der Waals surface area (Å²) in [6.07, 6.45) is 5.35. The molecular formula is C24H30N4O3. The number of hydrogen-bond acceptors (Lipinski definition) is 5. The molecule has 1 saturated heterocycles. The molecule has 31 heavy (non-hydrogen) atoms. The number of pyridine rings is 1. The van der Waals surface area contributed by atoms with Crippen LogP contribution in [0.1, 0.15) is 25.5 Å². The number of anilines is 2. The first-order chi connectivity index (χ1) is 15.0. The van der Waals surface area contributed by atoms with Gasteiger partial charge in [0.15, 0.2) is 0 Å². The molecule has 3 atom stereocenters. The minimum Gasteiger partial charge on any atom is -0.497 e. The van der Waals surface area contributed by atoms with E-state index in [4.69, 9.17) is 4.74 Å². The fraction of sp³-hybridized carbons (Fsp3) is 0.458. The summed E-state index contributed by atoms with van der Waals surface area (Å²) in [5.74, 6) is 2.28. The maximum Gasteiger partial charge on any atom is 0.238 e. The summed E-state index contributed by atoms with van der Waals surface area (Å²) >= 11 is 0. The molecule has 2 heterocycles. The summed E-state index contributed by atoms with van der Waals surface area (Å²) in [5.41, 5.74) is 2.27. The number of nitrogens with zero attached hydrogens (tertiary/aromatic N) is 2. The van der Waals surface area contributed by atoms with Crippen molar-refractivity contribution in [3.05, 3.63) is 48.3 Å². The largest absolute Gasteiger partial charge is 0.497 e. The maximum atomic E-state index is 12.8. The number of fused-ring (bicyclic) bond motifs is 1. The second-order valence-corrected chi connectivity index (χ2v) is 8.62. The highest BCUT2D eigenvalue weighted by atomic mass is 16.5. The van der Waals surface area contributed by atoms with Gasteiger partial charge in [-0.15, -0.1) is 0 Å². The van der Waals surface area contributed by atoms with Gasteiger partial charge in [0, 0.05) is 38.0 Å². The summed E-state index contributed by atoms with van der Waals surface area (Å²) in [5, 5.41) is 5.71. The molecule has 0 radical (unpaired) electrons. The second-order valence-electron chi connectivity index (χ2n) is 8.62. The van der Waals surface area contributed by atoms with E-state index in [9.17, 15) is 9.59 Å². The van der Waals surface area contributed by atoms with Gasteiger partial charge in [-0.2, -0.15) is 0 Å². The molecule has 2 fully saturated rings. The van der Waals surface area contributed by atoms with Gasteiger partial charge in [0.05, 0.1) is 25.0 Å². The molecule has 0 unspecified atom stereocenters. The Morgan fingerprint density at radius 3 is 2.74 bits per heavy atom. The zero-order valence-corrected chi connectivity index (χ0v) is 18.1. The topological polar surface area (TPSA) is 83.6 Å². The van der Waals surface area contributed by atoms with Crippen LogP contribution in [-0.4, -0.2) is 48.4 Å². The Balaban J connectivity index is 1.35. The molecule has 7 nitrogen and oxygen atoms in total. The maximum absolute atomic E-state index is 12.8. The lowest BCUT2D eigenvalue weighted by atomic mass is 9.89. The lowest BCUT2D eigenvalue weighted by molar-refractivity contribution is -0.117. The van der Waals surface area contributed by atoms with E-state index in [1.807, 2.05) is 18.3 Å². The Hall–Kier alpha value is -2.93. The normalized spacial score (nSPS) is 22.7. The highest BCUT2D eigenvalue weighted by Crippen LogP contribution is 2.43. The Bertz CT molecular complexity index is 934. The monoisotopic (exact) mass is 422 g/mol. The fourth-order valence-corrected chi connectivity index (χ4v) is 5.09. The Morgan fingerprint density at radius 2 is 2.00 bits per heavy atom. The van der Waals surface area contributed by atoms with Crippen LogP contribution in [0.2, 0.25) is 0 Å². The standard InChI is InChI=1S/C24H30N4O3/c1-16(29)26-22-9-8-20(31-2)12-23(22)27-24(30)15-28-13-18-7-6-17(21(18)14-28)11-19-5-3-4-10-25-19/h3-5,8-10,12,17-18,21H,6-7,11,13-15H2,1-2H3,(H,26,29)(H,27,30)/t17-,18-,21-/m1/s1. The molecule has 0 bridgehead atoms. The van der Waals surface area contributed by atoms with Gasteiger partial charge in [0.1, 0.15) is 5.75 Å². The highest BCUT2D eigenvalue weighted by Gasteiger charge is 2.42. The third-order valence-corrected chi connectivity index (χ3v) is 6.46.